The molecule has 3 aromatic rings. The molecule has 250 valence electrons. The summed E-state index contributed by atoms with van der Waals surface area (Å²) in [5.74, 6) is -5.85. The number of phenols is 1. The Bertz CT molecular complexity index is 2020. The van der Waals surface area contributed by atoms with Crippen LogP contribution >= 0.6 is 11.6 Å². The van der Waals surface area contributed by atoms with Gasteiger partial charge >= 0.3 is 0 Å². The van der Waals surface area contributed by atoms with Gasteiger partial charge in [0.25, 0.3) is 0 Å². The molecule has 1 N–H and O–H groups in total. The lowest BCUT2D eigenvalue weighted by atomic mass is 9.52. The fourth-order valence-electron chi connectivity index (χ4n) is 8.19. The Hall–Kier alpha value is -5.09. The van der Waals surface area contributed by atoms with Gasteiger partial charge in [0.05, 0.1) is 46.7 Å². The maximum atomic E-state index is 14.5. The SMILES string of the molecule is COc1cc(C=CC2C3=CCC4C(=O)N(c5ccc(C(C)=O)cc5)C(=O)C4C3CC3C(=O)N(c4ccc(F)c(Cl)c4)C(=O)C23C)ccc1O. The number of hydrogen-bond donors (Lipinski definition) is 1. The van der Waals surface area contributed by atoms with Crippen molar-refractivity contribution in [1.82, 2.24) is 0 Å². The van der Waals surface area contributed by atoms with Gasteiger partial charge in [-0.15, -0.1) is 0 Å². The monoisotopic (exact) mass is 682 g/mol. The number of carbonyl (C=O) groups excluding carboxylic acids is 5. The molecule has 9 nitrogen and oxygen atoms in total. The van der Waals surface area contributed by atoms with E-state index in [9.17, 15) is 33.5 Å². The minimum absolute atomic E-state index is 0.0412. The standard InChI is InChI=1S/C38H32ClFN2O7/c1-19(43)21-6-8-22(9-7-21)41-34(45)25-12-11-24-26(33(25)36(41)47)18-28-35(46)42(23-10-14-30(40)29(39)17-23)37(48)38(28,2)27(24)13-4-20-5-15-31(44)32(16-20)49-3/h4-11,13-17,25-28,33,44H,12,18H2,1-3H3. The van der Waals surface area contributed by atoms with Crippen molar-refractivity contribution in [1.29, 1.82) is 0 Å². The molecular weight excluding hydrogens is 651 g/mol. The maximum Gasteiger partial charge on any atom is 0.241 e. The second-order valence-electron chi connectivity index (χ2n) is 13.2. The number of nitrogens with zero attached hydrogens (tertiary/aromatic N) is 2. The van der Waals surface area contributed by atoms with Gasteiger partial charge in [0.15, 0.2) is 17.3 Å². The second kappa shape index (κ2) is 11.8. The van der Waals surface area contributed by atoms with E-state index in [1.54, 1.807) is 49.4 Å². The first-order chi connectivity index (χ1) is 23.4. The summed E-state index contributed by atoms with van der Waals surface area (Å²) in [6, 6.07) is 14.8. The summed E-state index contributed by atoms with van der Waals surface area (Å²) < 4.78 is 19.4. The van der Waals surface area contributed by atoms with Crippen LogP contribution in [0.15, 0.2) is 78.4 Å². The molecule has 6 unspecified atom stereocenters. The second-order valence-corrected chi connectivity index (χ2v) is 13.6. The van der Waals surface area contributed by atoms with Gasteiger partial charge in [0, 0.05) is 11.5 Å². The number of benzene rings is 3. The van der Waals surface area contributed by atoms with Crippen LogP contribution in [0, 0.1) is 40.8 Å². The number of fused-ring (bicyclic) bond motifs is 4. The highest BCUT2D eigenvalue weighted by molar-refractivity contribution is 6.32. The number of anilines is 2. The molecule has 2 heterocycles. The molecule has 0 bridgehead atoms. The normalized spacial score (nSPS) is 27.7. The van der Waals surface area contributed by atoms with E-state index < -0.39 is 58.5 Å². The summed E-state index contributed by atoms with van der Waals surface area (Å²) in [4.78, 5) is 70.9. The Labute approximate surface area is 286 Å². The quantitative estimate of drug-likeness (QED) is 0.182. The van der Waals surface area contributed by atoms with Gasteiger partial charge in [-0.2, -0.15) is 0 Å². The van der Waals surface area contributed by atoms with Gasteiger partial charge in [-0.3, -0.25) is 28.9 Å². The highest BCUT2D eigenvalue weighted by Crippen LogP contribution is 2.61. The van der Waals surface area contributed by atoms with Crippen LogP contribution in [0.3, 0.4) is 0 Å². The highest BCUT2D eigenvalue weighted by atomic mass is 35.5. The molecule has 0 spiro atoms. The number of amides is 4. The van der Waals surface area contributed by atoms with Crippen molar-refractivity contribution < 1.29 is 38.2 Å². The predicted octanol–water partition coefficient (Wildman–Crippen LogP) is 6.38. The van der Waals surface area contributed by atoms with Gasteiger partial charge in [-0.05, 0) is 92.8 Å². The third kappa shape index (κ3) is 4.91. The number of carbonyl (C=O) groups is 5. The predicted molar refractivity (Wildman–Crippen MR) is 179 cm³/mol. The van der Waals surface area contributed by atoms with Crippen molar-refractivity contribution in [2.45, 2.75) is 26.7 Å². The fraction of sp³-hybridized carbons (Fsp3) is 0.289. The Kier molecular flexibility index (Phi) is 7.82. The van der Waals surface area contributed by atoms with Crippen molar-refractivity contribution in [3.63, 3.8) is 0 Å². The molecule has 11 heteroatoms. The molecule has 2 aliphatic heterocycles. The van der Waals surface area contributed by atoms with Crippen molar-refractivity contribution in [2.75, 3.05) is 16.9 Å². The number of ether oxygens (including phenoxy) is 1. The topological polar surface area (TPSA) is 121 Å². The van der Waals surface area contributed by atoms with E-state index in [1.807, 2.05) is 12.2 Å². The van der Waals surface area contributed by atoms with Gasteiger partial charge < -0.3 is 9.84 Å². The lowest BCUT2D eigenvalue weighted by molar-refractivity contribution is -0.132. The van der Waals surface area contributed by atoms with Crippen molar-refractivity contribution >= 4 is 58.5 Å². The fourth-order valence-corrected chi connectivity index (χ4v) is 8.37. The summed E-state index contributed by atoms with van der Waals surface area (Å²) >= 11 is 6.07. The van der Waals surface area contributed by atoms with E-state index in [1.165, 1.54) is 37.1 Å². The Morgan fingerprint density at radius 1 is 0.959 bits per heavy atom. The number of Topliss-reactive ketones (excluding diaryl/α,β-unsaturated/α-hetero) is 1. The molecule has 1 saturated carbocycles. The zero-order valence-electron chi connectivity index (χ0n) is 26.9. The third-order valence-corrected chi connectivity index (χ3v) is 11.0. The van der Waals surface area contributed by atoms with Crippen LogP contribution in [0.5, 0.6) is 11.5 Å². The van der Waals surface area contributed by atoms with Crippen LogP contribution in [-0.2, 0) is 19.2 Å². The first kappa shape index (κ1) is 32.5. The molecule has 3 aromatic carbocycles. The zero-order chi connectivity index (χ0) is 34.9. The van der Waals surface area contributed by atoms with E-state index in [4.69, 9.17) is 16.3 Å². The van der Waals surface area contributed by atoms with Crippen LogP contribution in [0.25, 0.3) is 6.08 Å². The van der Waals surface area contributed by atoms with E-state index >= 15 is 0 Å². The number of methoxy groups -OCH3 is 1. The molecule has 2 aliphatic carbocycles. The molecular formula is C38H32ClFN2O7. The molecule has 49 heavy (non-hydrogen) atoms. The Morgan fingerprint density at radius 2 is 1.67 bits per heavy atom. The average Bonchev–Trinajstić information content (AvgIpc) is 3.45. The summed E-state index contributed by atoms with van der Waals surface area (Å²) in [5.41, 5.74) is 1.12. The van der Waals surface area contributed by atoms with E-state index in [0.29, 0.717) is 16.8 Å². The van der Waals surface area contributed by atoms with Crippen molar-refractivity contribution in [2.24, 2.45) is 35.0 Å². The molecule has 4 aliphatic rings. The number of halogens is 2. The van der Waals surface area contributed by atoms with E-state index in [-0.39, 0.29) is 46.7 Å². The van der Waals surface area contributed by atoms with Crippen LogP contribution in [0.4, 0.5) is 15.8 Å². The number of rotatable bonds is 6. The maximum absolute atomic E-state index is 14.5. The summed E-state index contributed by atoms with van der Waals surface area (Å²) in [6.45, 7) is 3.17. The van der Waals surface area contributed by atoms with E-state index in [2.05, 4.69) is 0 Å². The minimum atomic E-state index is -1.29. The van der Waals surface area contributed by atoms with Crippen LogP contribution in [0.1, 0.15) is 42.6 Å². The Balaban J connectivity index is 1.32. The molecule has 4 amide bonds. The number of phenolic OH excluding ortho intramolecular Hbond substituents is 1. The van der Waals surface area contributed by atoms with Gasteiger partial charge in [0.1, 0.15) is 5.82 Å². The third-order valence-electron chi connectivity index (χ3n) is 10.7. The lowest BCUT2D eigenvalue weighted by Crippen LogP contribution is -2.49. The number of aromatic hydroxyl groups is 1. The van der Waals surface area contributed by atoms with Crippen LogP contribution < -0.4 is 14.5 Å². The van der Waals surface area contributed by atoms with Crippen LogP contribution in [-0.4, -0.2) is 41.6 Å². The number of allylic oxidation sites excluding steroid dienone is 3. The average molecular weight is 683 g/mol. The first-order valence-electron chi connectivity index (χ1n) is 15.9. The minimum Gasteiger partial charge on any atom is -0.504 e. The highest BCUT2D eigenvalue weighted by Gasteiger charge is 2.67. The molecule has 0 radical (unpaired) electrons. The number of imide groups is 2. The van der Waals surface area contributed by atoms with Crippen LogP contribution in [0.2, 0.25) is 5.02 Å². The number of ketones is 1. The smallest absolute Gasteiger partial charge is 0.241 e. The molecule has 2 saturated heterocycles. The molecule has 3 fully saturated rings. The molecule has 0 aromatic heterocycles. The largest absolute Gasteiger partial charge is 0.504 e. The summed E-state index contributed by atoms with van der Waals surface area (Å²) in [7, 11) is 1.43. The summed E-state index contributed by atoms with van der Waals surface area (Å²) in [6.07, 6.45) is 5.96. The molecule has 6 atom stereocenters. The first-order valence-corrected chi connectivity index (χ1v) is 16.3. The Morgan fingerprint density at radius 3 is 2.35 bits per heavy atom. The van der Waals surface area contributed by atoms with Gasteiger partial charge in [-0.1, -0.05) is 41.5 Å². The number of hydrogen-bond acceptors (Lipinski definition) is 7. The zero-order valence-corrected chi connectivity index (χ0v) is 27.6. The molecule has 7 rings (SSSR count). The van der Waals surface area contributed by atoms with E-state index in [0.717, 1.165) is 16.5 Å². The summed E-state index contributed by atoms with van der Waals surface area (Å²) in [5, 5.41) is 9.89. The van der Waals surface area contributed by atoms with Gasteiger partial charge in [-0.25, -0.2) is 9.29 Å². The lowest BCUT2D eigenvalue weighted by Gasteiger charge is -2.47. The van der Waals surface area contributed by atoms with Gasteiger partial charge in [0.2, 0.25) is 23.6 Å². The van der Waals surface area contributed by atoms with Crippen molar-refractivity contribution in [3.8, 4) is 11.5 Å². The van der Waals surface area contributed by atoms with Crippen molar-refractivity contribution in [3.05, 3.63) is 100 Å².